The summed E-state index contributed by atoms with van der Waals surface area (Å²) in [4.78, 5) is 13.8. The first-order valence-electron chi connectivity index (χ1n) is 8.11. The van der Waals surface area contributed by atoms with Crippen molar-refractivity contribution in [2.45, 2.75) is 13.5 Å². The lowest BCUT2D eigenvalue weighted by Crippen LogP contribution is -2.04. The molecule has 0 bridgehead atoms. The lowest BCUT2D eigenvalue weighted by Gasteiger charge is -2.09. The van der Waals surface area contributed by atoms with Crippen LogP contribution in [0.15, 0.2) is 54.7 Å². The molecule has 0 aliphatic carbocycles. The Bertz CT molecular complexity index is 1050. The molecule has 0 aliphatic heterocycles. The molecule has 0 saturated carbocycles. The highest BCUT2D eigenvalue weighted by molar-refractivity contribution is 5.82. The number of rotatable bonds is 3. The molecule has 6 nitrogen and oxygen atoms in total. The fourth-order valence-corrected chi connectivity index (χ4v) is 2.93. The van der Waals surface area contributed by atoms with Crippen LogP contribution in [-0.4, -0.2) is 19.5 Å². The monoisotopic (exact) mass is 330 g/mol. The molecule has 2 aromatic carbocycles. The van der Waals surface area contributed by atoms with Crippen molar-refractivity contribution >= 4 is 22.5 Å². The number of anilines is 2. The zero-order chi connectivity index (χ0) is 17.4. The van der Waals surface area contributed by atoms with Crippen LogP contribution in [0.1, 0.15) is 6.92 Å². The van der Waals surface area contributed by atoms with Crippen molar-refractivity contribution in [3.63, 3.8) is 0 Å². The molecule has 0 atom stereocenters. The first-order chi connectivity index (χ1) is 12.2. The SMILES string of the molecule is CCn1c(-c2nc(-c3ccc(N)cc3)cnc2N)nc2ccccc21. The summed E-state index contributed by atoms with van der Waals surface area (Å²) in [5.74, 6) is 1.09. The van der Waals surface area contributed by atoms with E-state index in [4.69, 9.17) is 21.4 Å². The van der Waals surface area contributed by atoms with E-state index in [0.717, 1.165) is 34.7 Å². The Kier molecular flexibility index (Phi) is 3.57. The molecule has 4 rings (SSSR count). The number of hydrogen-bond acceptors (Lipinski definition) is 5. The van der Waals surface area contributed by atoms with E-state index in [1.165, 1.54) is 0 Å². The molecule has 4 aromatic rings. The molecule has 0 radical (unpaired) electrons. The number of aromatic nitrogens is 4. The predicted octanol–water partition coefficient (Wildman–Crippen LogP) is 3.34. The Balaban J connectivity index is 1.91. The number of benzene rings is 2. The van der Waals surface area contributed by atoms with Crippen LogP contribution in [0.4, 0.5) is 11.5 Å². The maximum absolute atomic E-state index is 6.12. The van der Waals surface area contributed by atoms with Gasteiger partial charge in [0.1, 0.15) is 5.69 Å². The van der Waals surface area contributed by atoms with Gasteiger partial charge >= 0.3 is 0 Å². The van der Waals surface area contributed by atoms with Gasteiger partial charge in [0.2, 0.25) is 0 Å². The fraction of sp³-hybridized carbons (Fsp3) is 0.105. The molecule has 6 heteroatoms. The van der Waals surface area contributed by atoms with Crippen molar-refractivity contribution in [2.75, 3.05) is 11.5 Å². The van der Waals surface area contributed by atoms with Gasteiger partial charge in [-0.1, -0.05) is 24.3 Å². The minimum absolute atomic E-state index is 0.365. The number of hydrogen-bond donors (Lipinski definition) is 2. The van der Waals surface area contributed by atoms with Gasteiger partial charge < -0.3 is 16.0 Å². The second kappa shape index (κ2) is 5.90. The molecule has 0 spiro atoms. The fourth-order valence-electron chi connectivity index (χ4n) is 2.93. The lowest BCUT2D eigenvalue weighted by atomic mass is 10.1. The Morgan fingerprint density at radius 1 is 0.960 bits per heavy atom. The van der Waals surface area contributed by atoms with Crippen molar-refractivity contribution < 1.29 is 0 Å². The summed E-state index contributed by atoms with van der Waals surface area (Å²) in [7, 11) is 0. The summed E-state index contributed by atoms with van der Waals surface area (Å²) in [6.45, 7) is 2.84. The third-order valence-electron chi connectivity index (χ3n) is 4.19. The molecule has 0 saturated heterocycles. The van der Waals surface area contributed by atoms with Gasteiger partial charge in [0.25, 0.3) is 0 Å². The molecular formula is C19H18N6. The van der Waals surface area contributed by atoms with Gasteiger partial charge in [-0.15, -0.1) is 0 Å². The van der Waals surface area contributed by atoms with E-state index in [1.54, 1.807) is 6.20 Å². The van der Waals surface area contributed by atoms with Gasteiger partial charge in [-0.3, -0.25) is 0 Å². The van der Waals surface area contributed by atoms with E-state index in [2.05, 4.69) is 16.5 Å². The minimum atomic E-state index is 0.365. The highest BCUT2D eigenvalue weighted by atomic mass is 15.1. The summed E-state index contributed by atoms with van der Waals surface area (Å²) in [6, 6.07) is 15.5. The molecule has 0 amide bonds. The maximum Gasteiger partial charge on any atom is 0.163 e. The first-order valence-corrected chi connectivity index (χ1v) is 8.11. The number of fused-ring (bicyclic) bond motifs is 1. The number of nitrogen functional groups attached to an aromatic ring is 2. The number of nitrogens with zero attached hydrogens (tertiary/aromatic N) is 4. The van der Waals surface area contributed by atoms with Gasteiger partial charge in [-0.05, 0) is 31.2 Å². The third kappa shape index (κ3) is 2.57. The quantitative estimate of drug-likeness (QED) is 0.562. The van der Waals surface area contributed by atoms with Crippen LogP contribution in [0.3, 0.4) is 0 Å². The molecule has 2 heterocycles. The minimum Gasteiger partial charge on any atom is -0.399 e. The number of para-hydroxylation sites is 2. The average Bonchev–Trinajstić information content (AvgIpc) is 3.01. The Hall–Kier alpha value is -3.41. The first kappa shape index (κ1) is 15.1. The second-order valence-corrected chi connectivity index (χ2v) is 5.78. The van der Waals surface area contributed by atoms with Gasteiger partial charge in [0.15, 0.2) is 11.6 Å². The van der Waals surface area contributed by atoms with Crippen LogP contribution in [0.2, 0.25) is 0 Å². The average molecular weight is 330 g/mol. The van der Waals surface area contributed by atoms with Gasteiger partial charge in [0.05, 0.1) is 22.9 Å². The second-order valence-electron chi connectivity index (χ2n) is 5.78. The van der Waals surface area contributed by atoms with Gasteiger partial charge in [-0.2, -0.15) is 0 Å². The van der Waals surface area contributed by atoms with Gasteiger partial charge in [0, 0.05) is 17.8 Å². The summed E-state index contributed by atoms with van der Waals surface area (Å²) in [5.41, 5.74) is 16.8. The molecule has 4 N–H and O–H groups in total. The molecule has 2 aromatic heterocycles. The van der Waals surface area contributed by atoms with Crippen LogP contribution in [0.5, 0.6) is 0 Å². The predicted molar refractivity (Wildman–Crippen MR) is 101 cm³/mol. The molecule has 0 fully saturated rings. The van der Waals surface area contributed by atoms with E-state index >= 15 is 0 Å². The van der Waals surface area contributed by atoms with Crippen molar-refractivity contribution in [1.82, 2.24) is 19.5 Å². The Morgan fingerprint density at radius 2 is 1.72 bits per heavy atom. The van der Waals surface area contributed by atoms with Crippen LogP contribution in [0.25, 0.3) is 33.8 Å². The highest BCUT2D eigenvalue weighted by Crippen LogP contribution is 2.28. The Labute approximate surface area is 145 Å². The van der Waals surface area contributed by atoms with Crippen molar-refractivity contribution in [3.05, 3.63) is 54.7 Å². The molecule has 124 valence electrons. The van der Waals surface area contributed by atoms with E-state index in [-0.39, 0.29) is 0 Å². The summed E-state index contributed by atoms with van der Waals surface area (Å²) < 4.78 is 2.10. The third-order valence-corrected chi connectivity index (χ3v) is 4.19. The van der Waals surface area contributed by atoms with Crippen molar-refractivity contribution in [2.24, 2.45) is 0 Å². The summed E-state index contributed by atoms with van der Waals surface area (Å²) in [6.07, 6.45) is 1.67. The molecule has 0 aliphatic rings. The maximum atomic E-state index is 6.12. The normalized spacial score (nSPS) is 11.1. The van der Waals surface area contributed by atoms with E-state index in [9.17, 15) is 0 Å². The highest BCUT2D eigenvalue weighted by Gasteiger charge is 2.17. The van der Waals surface area contributed by atoms with E-state index in [0.29, 0.717) is 17.2 Å². The van der Waals surface area contributed by atoms with Gasteiger partial charge in [-0.25, -0.2) is 15.0 Å². The summed E-state index contributed by atoms with van der Waals surface area (Å²) in [5, 5.41) is 0. The van der Waals surface area contributed by atoms with Crippen LogP contribution >= 0.6 is 0 Å². The zero-order valence-corrected chi connectivity index (χ0v) is 13.8. The molecular weight excluding hydrogens is 312 g/mol. The lowest BCUT2D eigenvalue weighted by molar-refractivity contribution is 0.793. The number of nitrogens with two attached hydrogens (primary N) is 2. The standard InChI is InChI=1S/C19H18N6/c1-2-25-16-6-4-3-5-14(16)24-19(25)17-18(21)22-11-15(23-17)12-7-9-13(20)10-8-12/h3-11H,2,20H2,1H3,(H2,21,22). The van der Waals surface area contributed by atoms with Crippen molar-refractivity contribution in [1.29, 1.82) is 0 Å². The van der Waals surface area contributed by atoms with Crippen molar-refractivity contribution in [3.8, 4) is 22.8 Å². The largest absolute Gasteiger partial charge is 0.399 e. The number of aryl methyl sites for hydroxylation is 1. The van der Waals surface area contributed by atoms with Crippen LogP contribution < -0.4 is 11.5 Å². The molecule has 0 unspecified atom stereocenters. The number of imidazole rings is 1. The molecule has 25 heavy (non-hydrogen) atoms. The summed E-state index contributed by atoms with van der Waals surface area (Å²) >= 11 is 0. The zero-order valence-electron chi connectivity index (χ0n) is 13.8. The van der Waals surface area contributed by atoms with E-state index in [1.807, 2.05) is 48.5 Å². The van der Waals surface area contributed by atoms with Crippen LogP contribution in [-0.2, 0) is 6.54 Å². The van der Waals surface area contributed by atoms with Crippen LogP contribution in [0, 0.1) is 0 Å². The topological polar surface area (TPSA) is 95.6 Å². The van der Waals surface area contributed by atoms with E-state index < -0.39 is 0 Å². The smallest absolute Gasteiger partial charge is 0.163 e. The Morgan fingerprint density at radius 3 is 2.48 bits per heavy atom.